The molecular formula is C21H18F2N4O. The number of methoxy groups -OCH3 is 1. The summed E-state index contributed by atoms with van der Waals surface area (Å²) in [5.41, 5.74) is 3.51. The van der Waals surface area contributed by atoms with Crippen LogP contribution in [0.2, 0.25) is 0 Å². The van der Waals surface area contributed by atoms with Gasteiger partial charge in [-0.05, 0) is 36.1 Å². The number of rotatable bonds is 6. The van der Waals surface area contributed by atoms with Gasteiger partial charge in [-0.15, -0.1) is 0 Å². The van der Waals surface area contributed by atoms with Gasteiger partial charge in [-0.2, -0.15) is 4.39 Å². The fraction of sp³-hybridized carbons (Fsp3) is 0.190. The Balaban J connectivity index is 1.47. The molecule has 0 bridgehead atoms. The first kappa shape index (κ1) is 18.0. The van der Waals surface area contributed by atoms with Crippen LogP contribution in [0.1, 0.15) is 22.4 Å². The van der Waals surface area contributed by atoms with Crippen molar-refractivity contribution in [1.82, 2.24) is 19.9 Å². The SMILES string of the molecule is COc1ccc(CCc2ccc(Cc3c[nH]c4ncc(F)cc34)c(F)n2)cn1. The van der Waals surface area contributed by atoms with Gasteiger partial charge in [0.25, 0.3) is 0 Å². The molecule has 4 aromatic heterocycles. The Labute approximate surface area is 160 Å². The van der Waals surface area contributed by atoms with Gasteiger partial charge in [-0.3, -0.25) is 0 Å². The number of hydrogen-bond donors (Lipinski definition) is 1. The molecule has 4 heterocycles. The lowest BCUT2D eigenvalue weighted by atomic mass is 10.0. The molecule has 4 aromatic rings. The van der Waals surface area contributed by atoms with Gasteiger partial charge in [-0.1, -0.05) is 12.1 Å². The van der Waals surface area contributed by atoms with Crippen molar-refractivity contribution in [2.75, 3.05) is 7.11 Å². The number of hydrogen-bond acceptors (Lipinski definition) is 4. The second-order valence-corrected chi connectivity index (χ2v) is 6.50. The molecule has 0 fully saturated rings. The summed E-state index contributed by atoms with van der Waals surface area (Å²) in [5.74, 6) is -0.371. The molecule has 7 heteroatoms. The minimum atomic E-state index is -0.510. The monoisotopic (exact) mass is 380 g/mol. The van der Waals surface area contributed by atoms with Crippen molar-refractivity contribution >= 4 is 11.0 Å². The van der Waals surface area contributed by atoms with E-state index in [1.165, 1.54) is 6.07 Å². The van der Waals surface area contributed by atoms with Crippen LogP contribution >= 0.6 is 0 Å². The number of ether oxygens (including phenoxy) is 1. The van der Waals surface area contributed by atoms with Gasteiger partial charge in [-0.25, -0.2) is 19.3 Å². The van der Waals surface area contributed by atoms with E-state index in [0.717, 1.165) is 17.3 Å². The average Bonchev–Trinajstić information content (AvgIpc) is 3.10. The number of H-pyrrole nitrogens is 1. The van der Waals surface area contributed by atoms with Crippen molar-refractivity contribution in [1.29, 1.82) is 0 Å². The molecule has 0 radical (unpaired) electrons. The van der Waals surface area contributed by atoms with Crippen molar-refractivity contribution in [3.63, 3.8) is 0 Å². The van der Waals surface area contributed by atoms with E-state index in [4.69, 9.17) is 4.74 Å². The number of nitrogens with one attached hydrogen (secondary N) is 1. The van der Waals surface area contributed by atoms with Gasteiger partial charge in [0.05, 0.1) is 13.3 Å². The molecule has 4 rings (SSSR count). The van der Waals surface area contributed by atoms with Gasteiger partial charge >= 0.3 is 0 Å². The van der Waals surface area contributed by atoms with Crippen LogP contribution in [0.4, 0.5) is 8.78 Å². The quantitative estimate of drug-likeness (QED) is 0.513. The lowest BCUT2D eigenvalue weighted by Crippen LogP contribution is -2.01. The van der Waals surface area contributed by atoms with E-state index >= 15 is 0 Å². The van der Waals surface area contributed by atoms with Crippen molar-refractivity contribution < 1.29 is 13.5 Å². The molecule has 0 spiro atoms. The van der Waals surface area contributed by atoms with Gasteiger partial charge in [0.2, 0.25) is 11.8 Å². The summed E-state index contributed by atoms with van der Waals surface area (Å²) in [6.07, 6.45) is 6.24. The molecule has 0 saturated heterocycles. The molecule has 0 atom stereocenters. The Kier molecular flexibility index (Phi) is 4.97. The smallest absolute Gasteiger partial charge is 0.216 e. The van der Waals surface area contributed by atoms with E-state index < -0.39 is 11.8 Å². The maximum absolute atomic E-state index is 14.5. The number of halogens is 2. The third kappa shape index (κ3) is 3.83. The van der Waals surface area contributed by atoms with Crippen LogP contribution in [-0.2, 0) is 19.3 Å². The van der Waals surface area contributed by atoms with Crippen molar-refractivity contribution in [3.05, 3.63) is 83.1 Å². The summed E-state index contributed by atoms with van der Waals surface area (Å²) in [5, 5.41) is 0.649. The molecule has 0 unspecified atom stereocenters. The van der Waals surface area contributed by atoms with Crippen LogP contribution in [0.15, 0.2) is 48.9 Å². The first-order chi connectivity index (χ1) is 13.6. The molecule has 0 aromatic carbocycles. The third-order valence-corrected chi connectivity index (χ3v) is 4.62. The standard InChI is InChI=1S/C21H18F2N4O/c1-28-19-7-3-13(10-24-19)2-5-17-6-4-14(20(23)27-17)8-15-11-25-21-18(15)9-16(22)12-26-21/h3-4,6-7,9-12H,2,5,8H2,1H3,(H,25,26). The molecule has 0 aliphatic carbocycles. The number of pyridine rings is 3. The second-order valence-electron chi connectivity index (χ2n) is 6.50. The molecule has 5 nitrogen and oxygen atoms in total. The van der Waals surface area contributed by atoms with Gasteiger partial charge in [0, 0.05) is 41.5 Å². The van der Waals surface area contributed by atoms with Crippen molar-refractivity contribution in [2.45, 2.75) is 19.3 Å². The van der Waals surface area contributed by atoms with E-state index in [0.29, 0.717) is 47.4 Å². The molecular weight excluding hydrogens is 362 g/mol. The minimum absolute atomic E-state index is 0.312. The predicted octanol–water partition coefficient (Wildman–Crippen LogP) is 4.02. The minimum Gasteiger partial charge on any atom is -0.481 e. The number of fused-ring (bicyclic) bond motifs is 1. The van der Waals surface area contributed by atoms with E-state index in [2.05, 4.69) is 19.9 Å². The topological polar surface area (TPSA) is 63.7 Å². The summed E-state index contributed by atoms with van der Waals surface area (Å²) in [6.45, 7) is 0. The van der Waals surface area contributed by atoms with Crippen molar-refractivity contribution in [2.24, 2.45) is 0 Å². The molecule has 1 N–H and O–H groups in total. The van der Waals surface area contributed by atoms with E-state index in [1.807, 2.05) is 12.1 Å². The fourth-order valence-electron chi connectivity index (χ4n) is 3.11. The molecule has 28 heavy (non-hydrogen) atoms. The highest BCUT2D eigenvalue weighted by atomic mass is 19.1. The molecule has 0 aliphatic rings. The Morgan fingerprint density at radius 1 is 1.00 bits per heavy atom. The average molecular weight is 380 g/mol. The van der Waals surface area contributed by atoms with Crippen LogP contribution in [0.5, 0.6) is 5.88 Å². The van der Waals surface area contributed by atoms with E-state index in [-0.39, 0.29) is 0 Å². The predicted molar refractivity (Wildman–Crippen MR) is 101 cm³/mol. The number of nitrogens with zero attached hydrogens (tertiary/aromatic N) is 3. The zero-order valence-electron chi connectivity index (χ0n) is 15.2. The Morgan fingerprint density at radius 3 is 2.64 bits per heavy atom. The number of aryl methyl sites for hydroxylation is 2. The van der Waals surface area contributed by atoms with Gasteiger partial charge < -0.3 is 9.72 Å². The largest absolute Gasteiger partial charge is 0.481 e. The van der Waals surface area contributed by atoms with Crippen LogP contribution in [0.25, 0.3) is 11.0 Å². The highest BCUT2D eigenvalue weighted by molar-refractivity contribution is 5.79. The Bertz CT molecular complexity index is 1110. The maximum Gasteiger partial charge on any atom is 0.216 e. The van der Waals surface area contributed by atoms with Gasteiger partial charge in [0.1, 0.15) is 11.5 Å². The fourth-order valence-corrected chi connectivity index (χ4v) is 3.11. The van der Waals surface area contributed by atoms with Crippen LogP contribution < -0.4 is 4.74 Å². The molecule has 0 saturated carbocycles. The Morgan fingerprint density at radius 2 is 1.89 bits per heavy atom. The summed E-state index contributed by atoms with van der Waals surface area (Å²) < 4.78 is 33.0. The molecule has 0 aliphatic heterocycles. The zero-order valence-corrected chi connectivity index (χ0v) is 15.2. The van der Waals surface area contributed by atoms with Crippen LogP contribution in [-0.4, -0.2) is 27.0 Å². The lowest BCUT2D eigenvalue weighted by molar-refractivity contribution is 0.397. The third-order valence-electron chi connectivity index (χ3n) is 4.62. The second kappa shape index (κ2) is 7.72. The maximum atomic E-state index is 14.5. The Hall–Kier alpha value is -3.35. The first-order valence-electron chi connectivity index (χ1n) is 8.87. The normalized spacial score (nSPS) is 11.1. The van der Waals surface area contributed by atoms with Crippen molar-refractivity contribution in [3.8, 4) is 5.88 Å². The number of aromatic amines is 1. The summed E-state index contributed by atoms with van der Waals surface area (Å²) in [7, 11) is 1.57. The highest BCUT2D eigenvalue weighted by Gasteiger charge is 2.11. The first-order valence-corrected chi connectivity index (χ1v) is 8.87. The van der Waals surface area contributed by atoms with Gasteiger partial charge in [0.15, 0.2) is 0 Å². The van der Waals surface area contributed by atoms with E-state index in [9.17, 15) is 8.78 Å². The highest BCUT2D eigenvalue weighted by Crippen LogP contribution is 2.21. The van der Waals surface area contributed by atoms with Crippen LogP contribution in [0, 0.1) is 11.8 Å². The zero-order chi connectivity index (χ0) is 19.5. The molecule has 142 valence electrons. The lowest BCUT2D eigenvalue weighted by Gasteiger charge is -2.06. The summed E-state index contributed by atoms with van der Waals surface area (Å²) in [4.78, 5) is 15.2. The van der Waals surface area contributed by atoms with E-state index in [1.54, 1.807) is 31.6 Å². The summed E-state index contributed by atoms with van der Waals surface area (Å²) >= 11 is 0. The van der Waals surface area contributed by atoms with Crippen LogP contribution in [0.3, 0.4) is 0 Å². The molecule has 0 amide bonds. The number of aromatic nitrogens is 4. The summed E-state index contributed by atoms with van der Waals surface area (Å²) in [6, 6.07) is 8.68.